The molecule has 0 spiro atoms. The number of hydrogen-bond donors (Lipinski definition) is 0. The topological polar surface area (TPSA) is 58.8 Å². The second kappa shape index (κ2) is 9.96. The van der Waals surface area contributed by atoms with Gasteiger partial charge in [-0.25, -0.2) is 9.78 Å². The predicted octanol–water partition coefficient (Wildman–Crippen LogP) is 3.85. The van der Waals surface area contributed by atoms with Crippen LogP contribution in [0.15, 0.2) is 57.9 Å². The molecule has 0 saturated carbocycles. The number of nitrogens with zero attached hydrogens (tertiary/aromatic N) is 3. The number of anilines is 1. The number of hydrogen-bond acceptors (Lipinski definition) is 6. The van der Waals surface area contributed by atoms with Crippen LogP contribution in [0.1, 0.15) is 6.42 Å². The minimum Gasteiger partial charge on any atom is -0.493 e. The number of benzene rings is 1. The summed E-state index contributed by atoms with van der Waals surface area (Å²) >= 11 is 6.24. The fourth-order valence-electron chi connectivity index (χ4n) is 3.40. The van der Waals surface area contributed by atoms with Gasteiger partial charge in [0.05, 0.1) is 11.6 Å². The maximum atomic E-state index is 11.3. The Bertz CT molecular complexity index is 1000. The van der Waals surface area contributed by atoms with Crippen LogP contribution >= 0.6 is 24.0 Å². The van der Waals surface area contributed by atoms with Gasteiger partial charge in [-0.15, -0.1) is 12.4 Å². The molecule has 1 fully saturated rings. The van der Waals surface area contributed by atoms with Crippen LogP contribution in [0.2, 0.25) is 5.02 Å². The summed E-state index contributed by atoms with van der Waals surface area (Å²) in [6.07, 6.45) is 2.71. The standard InChI is InChI=1S/C21H22ClN3O3.ClH/c22-18-3-1-8-23-21(18)25-12-10-24(11-13-25)9-2-14-27-17-6-4-16-5-7-20(26)28-19(16)15-17;/h1,3-8,15H,2,9-14H2;1H. The van der Waals surface area contributed by atoms with Crippen molar-refractivity contribution in [2.75, 3.05) is 44.2 Å². The Morgan fingerprint density at radius 1 is 1.10 bits per heavy atom. The minimum absolute atomic E-state index is 0. The monoisotopic (exact) mass is 435 g/mol. The van der Waals surface area contributed by atoms with Gasteiger partial charge in [0.2, 0.25) is 0 Å². The summed E-state index contributed by atoms with van der Waals surface area (Å²) in [6, 6.07) is 12.5. The van der Waals surface area contributed by atoms with Crippen molar-refractivity contribution in [3.05, 3.63) is 64.1 Å². The first kappa shape index (κ1) is 21.4. The van der Waals surface area contributed by atoms with Crippen molar-refractivity contribution in [2.24, 2.45) is 0 Å². The van der Waals surface area contributed by atoms with Crippen molar-refractivity contribution in [3.8, 4) is 5.75 Å². The second-order valence-corrected chi connectivity index (χ2v) is 7.20. The van der Waals surface area contributed by atoms with E-state index >= 15 is 0 Å². The molecule has 3 aromatic rings. The van der Waals surface area contributed by atoms with Crippen molar-refractivity contribution >= 4 is 40.8 Å². The van der Waals surface area contributed by atoms with Gasteiger partial charge < -0.3 is 14.1 Å². The van der Waals surface area contributed by atoms with Crippen LogP contribution in [0, 0.1) is 0 Å². The lowest BCUT2D eigenvalue weighted by atomic mass is 10.2. The molecule has 0 radical (unpaired) electrons. The number of pyridine rings is 1. The minimum atomic E-state index is -0.351. The van der Waals surface area contributed by atoms with E-state index < -0.39 is 0 Å². The first-order chi connectivity index (χ1) is 13.7. The Morgan fingerprint density at radius 2 is 1.90 bits per heavy atom. The van der Waals surface area contributed by atoms with Gasteiger partial charge in [-0.3, -0.25) is 4.90 Å². The average Bonchev–Trinajstić information content (AvgIpc) is 2.72. The van der Waals surface area contributed by atoms with E-state index in [0.717, 1.165) is 56.1 Å². The first-order valence-electron chi connectivity index (χ1n) is 9.43. The first-order valence-corrected chi connectivity index (χ1v) is 9.81. The highest BCUT2D eigenvalue weighted by molar-refractivity contribution is 6.32. The molecule has 1 aromatic carbocycles. The van der Waals surface area contributed by atoms with Crippen molar-refractivity contribution in [2.45, 2.75) is 6.42 Å². The van der Waals surface area contributed by atoms with Crippen LogP contribution < -0.4 is 15.3 Å². The van der Waals surface area contributed by atoms with E-state index in [1.54, 1.807) is 18.3 Å². The van der Waals surface area contributed by atoms with Gasteiger partial charge >= 0.3 is 5.63 Å². The maximum absolute atomic E-state index is 11.3. The molecule has 1 aliphatic rings. The highest BCUT2D eigenvalue weighted by Crippen LogP contribution is 2.23. The van der Waals surface area contributed by atoms with Gasteiger partial charge in [0.15, 0.2) is 0 Å². The van der Waals surface area contributed by atoms with E-state index in [4.69, 9.17) is 20.8 Å². The Hall–Kier alpha value is -2.28. The summed E-state index contributed by atoms with van der Waals surface area (Å²) in [5, 5.41) is 1.59. The van der Waals surface area contributed by atoms with Gasteiger partial charge in [-0.1, -0.05) is 11.6 Å². The Labute approximate surface area is 180 Å². The van der Waals surface area contributed by atoms with Crippen LogP contribution in [-0.2, 0) is 0 Å². The molecule has 1 aliphatic heterocycles. The zero-order valence-corrected chi connectivity index (χ0v) is 17.5. The van der Waals surface area contributed by atoms with Crippen LogP contribution in [0.4, 0.5) is 5.82 Å². The zero-order valence-electron chi connectivity index (χ0n) is 15.9. The lowest BCUT2D eigenvalue weighted by Crippen LogP contribution is -2.47. The summed E-state index contributed by atoms with van der Waals surface area (Å²) < 4.78 is 11.0. The summed E-state index contributed by atoms with van der Waals surface area (Å²) in [6.45, 7) is 5.39. The molecule has 6 nitrogen and oxygen atoms in total. The van der Waals surface area contributed by atoms with Crippen LogP contribution in [0.25, 0.3) is 11.0 Å². The molecule has 0 N–H and O–H groups in total. The van der Waals surface area contributed by atoms with Crippen LogP contribution in [-0.4, -0.2) is 49.2 Å². The van der Waals surface area contributed by atoms with Crippen molar-refractivity contribution in [1.29, 1.82) is 0 Å². The number of aromatic nitrogens is 1. The third-order valence-electron chi connectivity index (χ3n) is 4.89. The van der Waals surface area contributed by atoms with Crippen LogP contribution in [0.5, 0.6) is 5.75 Å². The number of halogens is 2. The highest BCUT2D eigenvalue weighted by atomic mass is 35.5. The molecular formula is C21H23Cl2N3O3. The second-order valence-electron chi connectivity index (χ2n) is 6.79. The van der Waals surface area contributed by atoms with E-state index in [1.807, 2.05) is 24.3 Å². The molecule has 0 amide bonds. The summed E-state index contributed by atoms with van der Waals surface area (Å²) in [5.41, 5.74) is 0.199. The Morgan fingerprint density at radius 3 is 2.69 bits per heavy atom. The van der Waals surface area contributed by atoms with Gasteiger partial charge in [0, 0.05) is 56.4 Å². The number of fused-ring (bicyclic) bond motifs is 1. The SMILES string of the molecule is Cl.O=c1ccc2ccc(OCCCN3CCN(c4ncccc4Cl)CC3)cc2o1. The Balaban J connectivity index is 0.00000240. The van der Waals surface area contributed by atoms with Crippen molar-refractivity contribution < 1.29 is 9.15 Å². The van der Waals surface area contributed by atoms with Crippen molar-refractivity contribution in [1.82, 2.24) is 9.88 Å². The summed E-state index contributed by atoms with van der Waals surface area (Å²) in [5.74, 6) is 1.59. The van der Waals surface area contributed by atoms with Crippen molar-refractivity contribution in [3.63, 3.8) is 0 Å². The summed E-state index contributed by atoms with van der Waals surface area (Å²) in [4.78, 5) is 20.4. The molecule has 2 aromatic heterocycles. The third-order valence-corrected chi connectivity index (χ3v) is 5.19. The molecule has 0 aliphatic carbocycles. The Kier molecular flexibility index (Phi) is 7.36. The quantitative estimate of drug-likeness (QED) is 0.432. The fraction of sp³-hybridized carbons (Fsp3) is 0.333. The zero-order chi connectivity index (χ0) is 19.3. The lowest BCUT2D eigenvalue weighted by Gasteiger charge is -2.35. The molecule has 29 heavy (non-hydrogen) atoms. The normalized spacial score (nSPS) is 14.6. The molecule has 3 heterocycles. The van der Waals surface area contributed by atoms with E-state index in [9.17, 15) is 4.79 Å². The van der Waals surface area contributed by atoms with Gasteiger partial charge in [0.1, 0.15) is 17.2 Å². The smallest absolute Gasteiger partial charge is 0.336 e. The lowest BCUT2D eigenvalue weighted by molar-refractivity contribution is 0.224. The van der Waals surface area contributed by atoms with E-state index in [0.29, 0.717) is 17.2 Å². The van der Waals surface area contributed by atoms with Gasteiger partial charge in [-0.2, -0.15) is 0 Å². The third kappa shape index (κ3) is 5.41. The predicted molar refractivity (Wildman–Crippen MR) is 118 cm³/mol. The fourth-order valence-corrected chi connectivity index (χ4v) is 3.64. The largest absolute Gasteiger partial charge is 0.493 e. The van der Waals surface area contributed by atoms with Gasteiger partial charge in [-0.05, 0) is 36.8 Å². The highest BCUT2D eigenvalue weighted by Gasteiger charge is 2.19. The van der Waals surface area contributed by atoms with Gasteiger partial charge in [0.25, 0.3) is 0 Å². The van der Waals surface area contributed by atoms with E-state index in [-0.39, 0.29) is 18.0 Å². The molecule has 154 valence electrons. The maximum Gasteiger partial charge on any atom is 0.336 e. The van der Waals surface area contributed by atoms with E-state index in [2.05, 4.69) is 14.8 Å². The summed E-state index contributed by atoms with van der Waals surface area (Å²) in [7, 11) is 0. The molecule has 0 atom stereocenters. The molecule has 8 heteroatoms. The average molecular weight is 436 g/mol. The number of piperazine rings is 1. The molecular weight excluding hydrogens is 413 g/mol. The number of rotatable bonds is 6. The molecule has 0 bridgehead atoms. The van der Waals surface area contributed by atoms with E-state index in [1.165, 1.54) is 6.07 Å². The molecule has 1 saturated heterocycles. The molecule has 0 unspecified atom stereocenters. The number of ether oxygens (including phenoxy) is 1. The van der Waals surface area contributed by atoms with Crippen LogP contribution in [0.3, 0.4) is 0 Å². The molecule has 4 rings (SSSR count).